The molecule has 0 saturated heterocycles. The van der Waals surface area contributed by atoms with Crippen LogP contribution >= 0.6 is 11.6 Å². The van der Waals surface area contributed by atoms with Crippen LogP contribution in [0.15, 0.2) is 18.2 Å². The fourth-order valence-corrected chi connectivity index (χ4v) is 2.56. The fraction of sp³-hybridized carbons (Fsp3) is 0.421. The van der Waals surface area contributed by atoms with Gasteiger partial charge < -0.3 is 19.5 Å². The number of esters is 1. The Morgan fingerprint density at radius 3 is 2.82 bits per heavy atom. The number of benzene rings is 1. The first-order valence-electron chi connectivity index (χ1n) is 9.01. The number of urea groups is 1. The van der Waals surface area contributed by atoms with E-state index in [1.807, 2.05) is 6.92 Å². The summed E-state index contributed by atoms with van der Waals surface area (Å²) in [5.41, 5.74) is 0.617. The van der Waals surface area contributed by atoms with Crippen molar-refractivity contribution in [2.75, 3.05) is 26.4 Å². The van der Waals surface area contributed by atoms with Gasteiger partial charge in [-0.2, -0.15) is 0 Å². The number of carbonyl (C=O) groups is 3. The first-order chi connectivity index (χ1) is 13.5. The molecule has 0 spiro atoms. The molecule has 1 heterocycles. The van der Waals surface area contributed by atoms with E-state index in [4.69, 9.17) is 25.8 Å². The lowest BCUT2D eigenvalue weighted by Gasteiger charge is -2.10. The molecule has 0 saturated carbocycles. The van der Waals surface area contributed by atoms with Gasteiger partial charge in [-0.25, -0.2) is 9.59 Å². The average molecular weight is 411 g/mol. The highest BCUT2D eigenvalue weighted by atomic mass is 35.5. The summed E-state index contributed by atoms with van der Waals surface area (Å²) in [6.45, 7) is 2.92. The molecule has 28 heavy (non-hydrogen) atoms. The van der Waals surface area contributed by atoms with Crippen LogP contribution in [0.2, 0.25) is 5.02 Å². The summed E-state index contributed by atoms with van der Waals surface area (Å²) >= 11 is 6.19. The number of fused-ring (bicyclic) bond motifs is 1. The Labute approximate surface area is 168 Å². The Hall–Kier alpha value is -2.74. The molecule has 1 aliphatic heterocycles. The highest BCUT2D eigenvalue weighted by Gasteiger charge is 2.15. The molecule has 1 aromatic carbocycles. The molecule has 0 atom stereocenters. The lowest BCUT2D eigenvalue weighted by Crippen LogP contribution is -2.41. The third kappa shape index (κ3) is 7.11. The number of unbranched alkanes of at least 4 members (excludes halogenated alkanes) is 1. The molecule has 2 rings (SSSR count). The van der Waals surface area contributed by atoms with Crippen molar-refractivity contribution < 1.29 is 28.6 Å². The van der Waals surface area contributed by atoms with Crippen LogP contribution in [0.25, 0.3) is 6.08 Å². The van der Waals surface area contributed by atoms with Crippen LogP contribution in [0.1, 0.15) is 31.7 Å². The number of ether oxygens (including phenoxy) is 3. The molecule has 9 heteroatoms. The lowest BCUT2D eigenvalue weighted by atomic mass is 10.2. The highest BCUT2D eigenvalue weighted by Crippen LogP contribution is 2.38. The van der Waals surface area contributed by atoms with E-state index in [1.165, 1.54) is 6.08 Å². The molecule has 0 radical (unpaired) electrons. The monoisotopic (exact) mass is 410 g/mol. The molecule has 0 aromatic heterocycles. The molecule has 3 amide bonds. The van der Waals surface area contributed by atoms with Crippen LogP contribution in [-0.2, 0) is 14.3 Å². The molecule has 0 aliphatic carbocycles. The maximum Gasteiger partial charge on any atom is 0.331 e. The second kappa shape index (κ2) is 11.2. The van der Waals surface area contributed by atoms with E-state index in [2.05, 4.69) is 10.6 Å². The van der Waals surface area contributed by atoms with Crippen molar-refractivity contribution >= 4 is 35.6 Å². The van der Waals surface area contributed by atoms with Crippen LogP contribution in [-0.4, -0.2) is 44.3 Å². The Morgan fingerprint density at radius 2 is 2.04 bits per heavy atom. The molecule has 1 aliphatic rings. The Morgan fingerprint density at radius 1 is 1.25 bits per heavy atom. The van der Waals surface area contributed by atoms with Gasteiger partial charge in [0.15, 0.2) is 18.1 Å². The molecular weight excluding hydrogens is 388 g/mol. The molecular formula is C19H23ClN2O6. The number of carbonyl (C=O) groups excluding carboxylic acids is 3. The molecule has 0 bridgehead atoms. The standard InChI is InChI=1S/C19H23ClN2O6/c1-2-3-7-21-19(25)22-16(23)12-28-17(24)6-5-13-10-14(20)18-15(11-13)26-8-4-9-27-18/h5-6,10-11H,2-4,7-9,12H2,1H3,(H2,21,22,23,25)/b6-5+. The van der Waals surface area contributed by atoms with Gasteiger partial charge in [0.05, 0.1) is 18.2 Å². The number of hydrogen-bond donors (Lipinski definition) is 2. The van der Waals surface area contributed by atoms with Gasteiger partial charge >= 0.3 is 12.0 Å². The van der Waals surface area contributed by atoms with Crippen LogP contribution in [0.3, 0.4) is 0 Å². The smallest absolute Gasteiger partial charge is 0.331 e. The zero-order valence-corrected chi connectivity index (χ0v) is 16.3. The predicted octanol–water partition coefficient (Wildman–Crippen LogP) is 2.68. The number of nitrogens with one attached hydrogen (secondary N) is 2. The van der Waals surface area contributed by atoms with E-state index in [9.17, 15) is 14.4 Å². The van der Waals surface area contributed by atoms with E-state index in [0.29, 0.717) is 41.8 Å². The second-order valence-corrected chi connectivity index (χ2v) is 6.39. The SMILES string of the molecule is CCCCNC(=O)NC(=O)COC(=O)/C=C/c1cc(Cl)c2c(c1)OCCCO2. The third-order valence-corrected chi connectivity index (χ3v) is 3.93. The van der Waals surface area contributed by atoms with Crippen LogP contribution < -0.4 is 20.1 Å². The van der Waals surface area contributed by atoms with Crippen molar-refractivity contribution in [1.82, 2.24) is 10.6 Å². The summed E-state index contributed by atoms with van der Waals surface area (Å²) in [6.07, 6.45) is 5.13. The molecule has 1 aromatic rings. The fourth-order valence-electron chi connectivity index (χ4n) is 2.28. The Kier molecular flexibility index (Phi) is 8.61. The van der Waals surface area contributed by atoms with Crippen molar-refractivity contribution in [2.24, 2.45) is 0 Å². The number of imide groups is 1. The quantitative estimate of drug-likeness (QED) is 0.407. The molecule has 8 nitrogen and oxygen atoms in total. The third-order valence-electron chi connectivity index (χ3n) is 3.65. The highest BCUT2D eigenvalue weighted by molar-refractivity contribution is 6.32. The minimum Gasteiger partial charge on any atom is -0.489 e. The Bertz CT molecular complexity index is 750. The predicted molar refractivity (Wildman–Crippen MR) is 104 cm³/mol. The van der Waals surface area contributed by atoms with Crippen molar-refractivity contribution in [3.8, 4) is 11.5 Å². The lowest BCUT2D eigenvalue weighted by molar-refractivity contribution is -0.143. The van der Waals surface area contributed by atoms with Crippen molar-refractivity contribution in [3.05, 3.63) is 28.8 Å². The zero-order valence-electron chi connectivity index (χ0n) is 15.6. The van der Waals surface area contributed by atoms with E-state index < -0.39 is 24.5 Å². The van der Waals surface area contributed by atoms with E-state index >= 15 is 0 Å². The molecule has 0 fully saturated rings. The first kappa shape index (κ1) is 21.6. The van der Waals surface area contributed by atoms with Gasteiger partial charge in [-0.15, -0.1) is 0 Å². The zero-order chi connectivity index (χ0) is 20.4. The van der Waals surface area contributed by atoms with Crippen LogP contribution in [0.4, 0.5) is 4.79 Å². The summed E-state index contributed by atoms with van der Waals surface area (Å²) in [7, 11) is 0. The van der Waals surface area contributed by atoms with Gasteiger partial charge in [0, 0.05) is 19.0 Å². The first-order valence-corrected chi connectivity index (χ1v) is 9.39. The van der Waals surface area contributed by atoms with E-state index in [1.54, 1.807) is 12.1 Å². The van der Waals surface area contributed by atoms with Crippen LogP contribution in [0, 0.1) is 0 Å². The van der Waals surface area contributed by atoms with Crippen molar-refractivity contribution in [3.63, 3.8) is 0 Å². The van der Waals surface area contributed by atoms with Crippen LogP contribution in [0.5, 0.6) is 11.5 Å². The van der Waals surface area contributed by atoms with Gasteiger partial charge in [0.2, 0.25) is 0 Å². The normalized spacial score (nSPS) is 12.9. The summed E-state index contributed by atoms with van der Waals surface area (Å²) in [5.74, 6) is -0.460. The molecule has 0 unspecified atom stereocenters. The molecule has 152 valence electrons. The topological polar surface area (TPSA) is 103 Å². The second-order valence-electron chi connectivity index (χ2n) is 5.98. The van der Waals surface area contributed by atoms with Crippen molar-refractivity contribution in [1.29, 1.82) is 0 Å². The summed E-state index contributed by atoms with van der Waals surface area (Å²) < 4.78 is 15.9. The van der Waals surface area contributed by atoms with Gasteiger partial charge in [-0.3, -0.25) is 10.1 Å². The summed E-state index contributed by atoms with van der Waals surface area (Å²) in [5, 5.41) is 4.98. The van der Waals surface area contributed by atoms with Gasteiger partial charge in [0.1, 0.15) is 0 Å². The van der Waals surface area contributed by atoms with E-state index in [-0.39, 0.29) is 0 Å². The van der Waals surface area contributed by atoms with Crippen molar-refractivity contribution in [2.45, 2.75) is 26.2 Å². The van der Waals surface area contributed by atoms with Gasteiger partial charge in [-0.05, 0) is 30.2 Å². The minimum atomic E-state index is -0.732. The number of rotatable bonds is 7. The van der Waals surface area contributed by atoms with Gasteiger partial charge in [0.25, 0.3) is 5.91 Å². The van der Waals surface area contributed by atoms with E-state index in [0.717, 1.165) is 25.3 Å². The minimum absolute atomic E-state index is 0.376. The maximum atomic E-state index is 11.8. The largest absolute Gasteiger partial charge is 0.489 e. The summed E-state index contributed by atoms with van der Waals surface area (Å²) in [4.78, 5) is 34.8. The summed E-state index contributed by atoms with van der Waals surface area (Å²) in [6, 6.07) is 2.71. The Balaban J connectivity index is 1.82. The number of amides is 3. The number of hydrogen-bond acceptors (Lipinski definition) is 6. The molecule has 2 N–H and O–H groups in total. The maximum absolute atomic E-state index is 11.8. The number of halogens is 1. The average Bonchev–Trinajstić information content (AvgIpc) is 2.91. The van der Waals surface area contributed by atoms with Gasteiger partial charge in [-0.1, -0.05) is 24.9 Å².